The molecule has 0 aliphatic rings. The minimum Gasteiger partial charge on any atom is -0.396 e. The minimum atomic E-state index is 0.167. The molecule has 0 aliphatic carbocycles. The Hall–Kier alpha value is -0.390. The lowest BCUT2D eigenvalue weighted by molar-refractivity contribution is 0.290. The van der Waals surface area contributed by atoms with Crippen LogP contribution in [0.4, 0.5) is 5.82 Å². The van der Waals surface area contributed by atoms with Gasteiger partial charge in [0.25, 0.3) is 0 Å². The molecular weight excluding hydrogens is 269 g/mol. The Kier molecular flexibility index (Phi) is 4.57. The molecule has 0 fully saturated rings. The first-order chi connectivity index (χ1) is 6.65. The average Bonchev–Trinajstić information content (AvgIpc) is 2.18. The second kappa shape index (κ2) is 5.48. The van der Waals surface area contributed by atoms with Crippen molar-refractivity contribution < 1.29 is 5.11 Å². The molecule has 1 aromatic rings. The second-order valence-corrected chi connectivity index (χ2v) is 4.00. The molecule has 0 aliphatic heterocycles. The first kappa shape index (κ1) is 11.7. The first-order valence-corrected chi connectivity index (χ1v) is 5.32. The number of nitrogens with zero attached hydrogens (tertiary/aromatic N) is 3. The van der Waals surface area contributed by atoms with Crippen molar-refractivity contribution in [3.05, 3.63) is 16.0 Å². The molecule has 0 saturated carbocycles. The van der Waals surface area contributed by atoms with Gasteiger partial charge in [0.15, 0.2) is 0 Å². The van der Waals surface area contributed by atoms with E-state index in [9.17, 15) is 0 Å². The van der Waals surface area contributed by atoms with E-state index >= 15 is 0 Å². The summed E-state index contributed by atoms with van der Waals surface area (Å²) in [6.07, 6.45) is 2.31. The maximum absolute atomic E-state index is 8.69. The third-order valence-corrected chi connectivity index (χ3v) is 2.45. The molecule has 1 aromatic heterocycles. The van der Waals surface area contributed by atoms with Crippen LogP contribution in [0, 0.1) is 0 Å². The van der Waals surface area contributed by atoms with E-state index < -0.39 is 0 Å². The van der Waals surface area contributed by atoms with Gasteiger partial charge in [-0.2, -0.15) is 4.98 Å². The number of anilines is 1. The van der Waals surface area contributed by atoms with Crippen molar-refractivity contribution >= 4 is 33.3 Å². The molecular formula is C8H11BrClN3O. The zero-order valence-corrected chi connectivity index (χ0v) is 10.1. The molecule has 1 rings (SSSR count). The number of aliphatic hydroxyl groups excluding tert-OH is 1. The van der Waals surface area contributed by atoms with Crippen LogP contribution in [0.25, 0.3) is 0 Å². The summed E-state index contributed by atoms with van der Waals surface area (Å²) < 4.78 is 0.794. The highest BCUT2D eigenvalue weighted by molar-refractivity contribution is 9.10. The van der Waals surface area contributed by atoms with Gasteiger partial charge in [-0.05, 0) is 34.0 Å². The molecule has 0 aromatic carbocycles. The van der Waals surface area contributed by atoms with Crippen molar-refractivity contribution in [2.24, 2.45) is 0 Å². The Bertz CT molecular complexity index is 311. The maximum atomic E-state index is 8.69. The van der Waals surface area contributed by atoms with Crippen LogP contribution in [-0.2, 0) is 0 Å². The van der Waals surface area contributed by atoms with Crippen LogP contribution in [0.3, 0.4) is 0 Å². The van der Waals surface area contributed by atoms with E-state index in [1.54, 1.807) is 6.20 Å². The zero-order chi connectivity index (χ0) is 10.6. The molecule has 14 heavy (non-hydrogen) atoms. The Balaban J connectivity index is 2.77. The third-order valence-electron chi connectivity index (χ3n) is 1.71. The lowest BCUT2D eigenvalue weighted by Crippen LogP contribution is -2.21. The molecule has 0 amide bonds. The smallest absolute Gasteiger partial charge is 0.224 e. The Morgan fingerprint density at radius 2 is 2.36 bits per heavy atom. The second-order valence-electron chi connectivity index (χ2n) is 2.81. The van der Waals surface area contributed by atoms with Gasteiger partial charge in [0.2, 0.25) is 5.28 Å². The topological polar surface area (TPSA) is 49.2 Å². The van der Waals surface area contributed by atoms with E-state index in [-0.39, 0.29) is 11.9 Å². The number of rotatable bonds is 4. The van der Waals surface area contributed by atoms with Gasteiger partial charge < -0.3 is 10.0 Å². The van der Waals surface area contributed by atoms with Crippen LogP contribution in [0.15, 0.2) is 10.7 Å². The van der Waals surface area contributed by atoms with E-state index in [0.717, 1.165) is 16.8 Å². The highest BCUT2D eigenvalue weighted by Crippen LogP contribution is 2.23. The molecule has 0 bridgehead atoms. The molecule has 0 atom stereocenters. The van der Waals surface area contributed by atoms with E-state index in [1.165, 1.54) is 0 Å². The summed E-state index contributed by atoms with van der Waals surface area (Å²) in [6.45, 7) is 0.892. The molecule has 0 unspecified atom stereocenters. The van der Waals surface area contributed by atoms with Crippen molar-refractivity contribution in [1.82, 2.24) is 9.97 Å². The van der Waals surface area contributed by atoms with Crippen molar-refractivity contribution in [3.63, 3.8) is 0 Å². The number of halogens is 2. The summed E-state index contributed by atoms with van der Waals surface area (Å²) in [7, 11) is 1.89. The lowest BCUT2D eigenvalue weighted by Gasteiger charge is -2.18. The molecule has 0 spiro atoms. The molecule has 0 radical (unpaired) electrons. The molecule has 0 saturated heterocycles. The number of hydrogen-bond donors (Lipinski definition) is 1. The fourth-order valence-corrected chi connectivity index (χ4v) is 1.64. The van der Waals surface area contributed by atoms with Crippen molar-refractivity contribution in [2.45, 2.75) is 6.42 Å². The largest absolute Gasteiger partial charge is 0.396 e. The van der Waals surface area contributed by atoms with Gasteiger partial charge in [-0.3, -0.25) is 0 Å². The minimum absolute atomic E-state index is 0.167. The Morgan fingerprint density at radius 3 is 3.00 bits per heavy atom. The third kappa shape index (κ3) is 3.08. The highest BCUT2D eigenvalue weighted by atomic mass is 79.9. The van der Waals surface area contributed by atoms with E-state index in [0.29, 0.717) is 6.42 Å². The summed E-state index contributed by atoms with van der Waals surface area (Å²) in [5, 5.41) is 8.91. The van der Waals surface area contributed by atoms with Gasteiger partial charge in [0.1, 0.15) is 5.82 Å². The average molecular weight is 281 g/mol. The van der Waals surface area contributed by atoms with Crippen molar-refractivity contribution in [3.8, 4) is 0 Å². The van der Waals surface area contributed by atoms with Crippen LogP contribution < -0.4 is 4.90 Å². The molecule has 1 heterocycles. The van der Waals surface area contributed by atoms with Gasteiger partial charge in [-0.25, -0.2) is 4.98 Å². The standard InChI is InChI=1S/C8H11BrClN3O/c1-13(3-2-4-14)7-6(9)5-11-8(10)12-7/h5,14H,2-4H2,1H3. The fraction of sp³-hybridized carbons (Fsp3) is 0.500. The van der Waals surface area contributed by atoms with E-state index in [4.69, 9.17) is 16.7 Å². The fourth-order valence-electron chi connectivity index (χ4n) is 1.02. The van der Waals surface area contributed by atoms with Crippen LogP contribution in [0.1, 0.15) is 6.42 Å². The Morgan fingerprint density at radius 1 is 1.64 bits per heavy atom. The number of hydrogen-bond acceptors (Lipinski definition) is 4. The van der Waals surface area contributed by atoms with Gasteiger partial charge in [0, 0.05) is 26.4 Å². The van der Waals surface area contributed by atoms with Gasteiger partial charge in [0.05, 0.1) is 4.47 Å². The van der Waals surface area contributed by atoms with Gasteiger partial charge in [-0.15, -0.1) is 0 Å². The summed E-state index contributed by atoms with van der Waals surface area (Å²) in [6, 6.07) is 0. The van der Waals surface area contributed by atoms with Crippen LogP contribution in [-0.4, -0.2) is 35.3 Å². The SMILES string of the molecule is CN(CCCO)c1nc(Cl)ncc1Br. The zero-order valence-electron chi connectivity index (χ0n) is 7.74. The van der Waals surface area contributed by atoms with Gasteiger partial charge in [-0.1, -0.05) is 0 Å². The van der Waals surface area contributed by atoms with Crippen LogP contribution in [0.5, 0.6) is 0 Å². The monoisotopic (exact) mass is 279 g/mol. The van der Waals surface area contributed by atoms with E-state index in [2.05, 4.69) is 25.9 Å². The Labute approximate surface area is 96.1 Å². The maximum Gasteiger partial charge on any atom is 0.224 e. The van der Waals surface area contributed by atoms with Crippen LogP contribution >= 0.6 is 27.5 Å². The highest BCUT2D eigenvalue weighted by Gasteiger charge is 2.08. The van der Waals surface area contributed by atoms with Crippen molar-refractivity contribution in [1.29, 1.82) is 0 Å². The summed E-state index contributed by atoms with van der Waals surface area (Å²) >= 11 is 9.01. The molecule has 4 nitrogen and oxygen atoms in total. The number of aromatic nitrogens is 2. The normalized spacial score (nSPS) is 10.3. The van der Waals surface area contributed by atoms with E-state index in [1.807, 2.05) is 11.9 Å². The summed E-state index contributed by atoms with van der Waals surface area (Å²) in [5.41, 5.74) is 0. The quantitative estimate of drug-likeness (QED) is 0.853. The van der Waals surface area contributed by atoms with Crippen molar-refractivity contribution in [2.75, 3.05) is 25.1 Å². The molecule has 1 N–H and O–H groups in total. The summed E-state index contributed by atoms with van der Waals surface area (Å²) in [5.74, 6) is 0.735. The predicted octanol–water partition coefficient (Wildman–Crippen LogP) is 1.71. The molecule has 6 heteroatoms. The summed E-state index contributed by atoms with van der Waals surface area (Å²) in [4.78, 5) is 9.82. The van der Waals surface area contributed by atoms with Crippen LogP contribution in [0.2, 0.25) is 5.28 Å². The van der Waals surface area contributed by atoms with Gasteiger partial charge >= 0.3 is 0 Å². The first-order valence-electron chi connectivity index (χ1n) is 4.15. The molecule has 78 valence electrons. The predicted molar refractivity (Wildman–Crippen MR) is 59.7 cm³/mol. The lowest BCUT2D eigenvalue weighted by atomic mass is 10.4. The number of aliphatic hydroxyl groups is 1.